The van der Waals surface area contributed by atoms with Crippen LogP contribution in [0.1, 0.15) is 46.5 Å². The van der Waals surface area contributed by atoms with Crippen molar-refractivity contribution < 1.29 is 4.79 Å². The first-order valence-corrected chi connectivity index (χ1v) is 4.85. The Bertz CT molecular complexity index is 132. The molecule has 0 aliphatic heterocycles. The minimum absolute atomic E-state index is 0.276. The van der Waals surface area contributed by atoms with Crippen LogP contribution >= 0.6 is 0 Å². The minimum atomic E-state index is 0.276. The summed E-state index contributed by atoms with van der Waals surface area (Å²) in [4.78, 5) is 13.2. The fourth-order valence-electron chi connectivity index (χ4n) is 0.991. The highest BCUT2D eigenvalue weighted by molar-refractivity contribution is 5.76. The Morgan fingerprint density at radius 3 is 2.33 bits per heavy atom. The van der Waals surface area contributed by atoms with Crippen LogP contribution in [0.2, 0.25) is 0 Å². The van der Waals surface area contributed by atoms with Crippen LogP contribution in [-0.4, -0.2) is 23.9 Å². The number of amides is 1. The van der Waals surface area contributed by atoms with Crippen molar-refractivity contribution in [3.05, 3.63) is 0 Å². The average Bonchev–Trinajstić information content (AvgIpc) is 2.03. The number of hydrogen-bond donors (Lipinski definition) is 0. The van der Waals surface area contributed by atoms with E-state index in [9.17, 15) is 4.79 Å². The molecule has 0 bridgehead atoms. The van der Waals surface area contributed by atoms with Gasteiger partial charge in [0.1, 0.15) is 0 Å². The van der Waals surface area contributed by atoms with Crippen molar-refractivity contribution >= 4 is 5.91 Å². The van der Waals surface area contributed by atoms with E-state index >= 15 is 0 Å². The van der Waals surface area contributed by atoms with Crippen LogP contribution in [0.5, 0.6) is 0 Å². The van der Waals surface area contributed by atoms with Gasteiger partial charge in [-0.25, -0.2) is 0 Å². The van der Waals surface area contributed by atoms with Crippen molar-refractivity contribution in [3.8, 4) is 0 Å². The lowest BCUT2D eigenvalue weighted by atomic mass is 10.2. The molecule has 12 heavy (non-hydrogen) atoms. The maximum absolute atomic E-state index is 11.4. The van der Waals surface area contributed by atoms with Crippen molar-refractivity contribution in [1.82, 2.24) is 4.90 Å². The molecule has 0 unspecified atom stereocenters. The second-order valence-electron chi connectivity index (χ2n) is 3.56. The van der Waals surface area contributed by atoms with E-state index < -0.39 is 0 Å². The van der Waals surface area contributed by atoms with Crippen LogP contribution in [0.15, 0.2) is 0 Å². The predicted molar refractivity (Wildman–Crippen MR) is 52.0 cm³/mol. The largest absolute Gasteiger partial charge is 0.343 e. The van der Waals surface area contributed by atoms with Gasteiger partial charge in [0.25, 0.3) is 0 Å². The Hall–Kier alpha value is -0.530. The Morgan fingerprint density at radius 1 is 1.33 bits per heavy atom. The fourth-order valence-corrected chi connectivity index (χ4v) is 0.991. The molecule has 0 aromatic heterocycles. The van der Waals surface area contributed by atoms with Gasteiger partial charge in [-0.1, -0.05) is 19.8 Å². The SMILES string of the molecule is CCCCCC(=O)N(C)C(C)C. The van der Waals surface area contributed by atoms with Crippen LogP contribution in [0.3, 0.4) is 0 Å². The lowest BCUT2D eigenvalue weighted by molar-refractivity contribution is -0.131. The summed E-state index contributed by atoms with van der Waals surface area (Å²) in [5.74, 6) is 0.276. The van der Waals surface area contributed by atoms with Gasteiger partial charge in [0.2, 0.25) is 5.91 Å². The molecular formula is C10H21NO. The molecule has 0 aromatic rings. The van der Waals surface area contributed by atoms with E-state index in [-0.39, 0.29) is 5.91 Å². The van der Waals surface area contributed by atoms with Gasteiger partial charge in [0.05, 0.1) is 0 Å². The number of carbonyl (C=O) groups excluding carboxylic acids is 1. The van der Waals surface area contributed by atoms with Crippen molar-refractivity contribution in [2.45, 2.75) is 52.5 Å². The molecule has 0 N–H and O–H groups in total. The summed E-state index contributed by atoms with van der Waals surface area (Å²) >= 11 is 0. The molecule has 0 spiro atoms. The molecule has 0 fully saturated rings. The Labute approximate surface area is 75.9 Å². The van der Waals surface area contributed by atoms with Gasteiger partial charge in [-0.05, 0) is 20.3 Å². The minimum Gasteiger partial charge on any atom is -0.343 e. The van der Waals surface area contributed by atoms with Gasteiger partial charge < -0.3 is 4.90 Å². The zero-order valence-electron chi connectivity index (χ0n) is 8.76. The third-order valence-electron chi connectivity index (χ3n) is 2.16. The van der Waals surface area contributed by atoms with Crippen LogP contribution in [0.25, 0.3) is 0 Å². The van der Waals surface area contributed by atoms with Gasteiger partial charge in [-0.15, -0.1) is 0 Å². The second-order valence-corrected chi connectivity index (χ2v) is 3.56. The summed E-state index contributed by atoms with van der Waals surface area (Å²) in [6.45, 7) is 6.23. The number of hydrogen-bond acceptors (Lipinski definition) is 1. The van der Waals surface area contributed by atoms with Gasteiger partial charge >= 0.3 is 0 Å². The molecule has 0 rings (SSSR count). The molecule has 0 heterocycles. The molecule has 0 radical (unpaired) electrons. The van der Waals surface area contributed by atoms with E-state index in [1.54, 1.807) is 0 Å². The fraction of sp³-hybridized carbons (Fsp3) is 0.900. The molecule has 0 saturated heterocycles. The summed E-state index contributed by atoms with van der Waals surface area (Å²) < 4.78 is 0. The zero-order chi connectivity index (χ0) is 9.56. The first kappa shape index (κ1) is 11.5. The third kappa shape index (κ3) is 4.37. The first-order chi connectivity index (χ1) is 5.59. The highest BCUT2D eigenvalue weighted by atomic mass is 16.2. The van der Waals surface area contributed by atoms with E-state index in [0.29, 0.717) is 12.5 Å². The molecule has 2 nitrogen and oxygen atoms in total. The average molecular weight is 171 g/mol. The lowest BCUT2D eigenvalue weighted by Crippen LogP contribution is -2.32. The lowest BCUT2D eigenvalue weighted by Gasteiger charge is -2.21. The summed E-state index contributed by atoms with van der Waals surface area (Å²) in [6, 6.07) is 0.333. The molecule has 2 heteroatoms. The molecule has 1 amide bonds. The normalized spacial score (nSPS) is 10.4. The summed E-state index contributed by atoms with van der Waals surface area (Å²) in [5, 5.41) is 0. The van der Waals surface area contributed by atoms with Crippen LogP contribution in [-0.2, 0) is 4.79 Å². The highest BCUT2D eigenvalue weighted by Crippen LogP contribution is 2.04. The Morgan fingerprint density at radius 2 is 1.92 bits per heavy atom. The first-order valence-electron chi connectivity index (χ1n) is 4.85. The van der Waals surface area contributed by atoms with E-state index in [4.69, 9.17) is 0 Å². The maximum atomic E-state index is 11.4. The number of nitrogens with zero attached hydrogens (tertiary/aromatic N) is 1. The summed E-state index contributed by atoms with van der Waals surface area (Å²) in [7, 11) is 1.87. The second kappa shape index (κ2) is 6.04. The number of rotatable bonds is 5. The zero-order valence-corrected chi connectivity index (χ0v) is 8.76. The molecule has 0 aliphatic carbocycles. The van der Waals surface area contributed by atoms with E-state index in [1.165, 1.54) is 6.42 Å². The molecule has 0 atom stereocenters. The van der Waals surface area contributed by atoms with E-state index in [0.717, 1.165) is 12.8 Å². The van der Waals surface area contributed by atoms with Crippen molar-refractivity contribution in [3.63, 3.8) is 0 Å². The molecule has 72 valence electrons. The van der Waals surface area contributed by atoms with Crippen LogP contribution in [0.4, 0.5) is 0 Å². The molecule has 0 aromatic carbocycles. The van der Waals surface area contributed by atoms with Crippen molar-refractivity contribution in [1.29, 1.82) is 0 Å². The number of unbranched alkanes of at least 4 members (excludes halogenated alkanes) is 2. The van der Waals surface area contributed by atoms with Crippen LogP contribution in [0, 0.1) is 0 Å². The molecule has 0 aliphatic rings. The van der Waals surface area contributed by atoms with Crippen LogP contribution < -0.4 is 0 Å². The summed E-state index contributed by atoms with van der Waals surface area (Å²) in [5.41, 5.74) is 0. The number of carbonyl (C=O) groups is 1. The Kier molecular flexibility index (Phi) is 5.77. The monoisotopic (exact) mass is 171 g/mol. The van der Waals surface area contributed by atoms with Gasteiger partial charge in [0.15, 0.2) is 0 Å². The van der Waals surface area contributed by atoms with Gasteiger partial charge in [0, 0.05) is 19.5 Å². The molecule has 0 saturated carbocycles. The quantitative estimate of drug-likeness (QED) is 0.582. The van der Waals surface area contributed by atoms with Gasteiger partial charge in [-0.3, -0.25) is 4.79 Å². The standard InChI is InChI=1S/C10H21NO/c1-5-6-7-8-10(12)11(4)9(2)3/h9H,5-8H2,1-4H3. The Balaban J connectivity index is 3.57. The van der Waals surface area contributed by atoms with E-state index in [2.05, 4.69) is 6.92 Å². The third-order valence-corrected chi connectivity index (χ3v) is 2.16. The smallest absolute Gasteiger partial charge is 0.222 e. The van der Waals surface area contributed by atoms with Crippen molar-refractivity contribution in [2.24, 2.45) is 0 Å². The van der Waals surface area contributed by atoms with E-state index in [1.807, 2.05) is 25.8 Å². The predicted octanol–water partition coefficient (Wildman–Crippen LogP) is 2.43. The summed E-state index contributed by atoms with van der Waals surface area (Å²) in [6.07, 6.45) is 4.09. The highest BCUT2D eigenvalue weighted by Gasteiger charge is 2.10. The maximum Gasteiger partial charge on any atom is 0.222 e. The molecular weight excluding hydrogens is 150 g/mol. The van der Waals surface area contributed by atoms with Gasteiger partial charge in [-0.2, -0.15) is 0 Å². The van der Waals surface area contributed by atoms with Crippen molar-refractivity contribution in [2.75, 3.05) is 7.05 Å². The topological polar surface area (TPSA) is 20.3 Å².